The van der Waals surface area contributed by atoms with Gasteiger partial charge >= 0.3 is 0 Å². The molecule has 0 aliphatic carbocycles. The highest BCUT2D eigenvalue weighted by Crippen LogP contribution is 2.39. The Kier molecular flexibility index (Phi) is 6.38. The first-order chi connectivity index (χ1) is 16.0. The molecule has 0 atom stereocenters. The van der Waals surface area contributed by atoms with Crippen LogP contribution in [0.1, 0.15) is 18.1 Å². The third kappa shape index (κ3) is 4.17. The summed E-state index contributed by atoms with van der Waals surface area (Å²) in [6, 6.07) is 19.4. The van der Waals surface area contributed by atoms with E-state index in [0.29, 0.717) is 40.1 Å². The van der Waals surface area contributed by atoms with Gasteiger partial charge in [-0.2, -0.15) is 0 Å². The molecule has 0 radical (unpaired) electrons. The Morgan fingerprint density at radius 3 is 2.33 bits per heavy atom. The lowest BCUT2D eigenvalue weighted by Crippen LogP contribution is -2.32. The Morgan fingerprint density at radius 2 is 1.64 bits per heavy atom. The fourth-order valence-corrected chi connectivity index (χ4v) is 3.86. The van der Waals surface area contributed by atoms with Crippen LogP contribution in [0.15, 0.2) is 72.4 Å². The summed E-state index contributed by atoms with van der Waals surface area (Å²) in [7, 11) is 1.52. The number of hydrogen-bond donors (Lipinski definition) is 1. The zero-order chi connectivity index (χ0) is 23.5. The topological polar surface area (TPSA) is 67.9 Å². The minimum absolute atomic E-state index is 0.133. The molecular formula is C26H23ClN2O4. The number of amides is 2. The normalized spacial score (nSPS) is 13.5. The van der Waals surface area contributed by atoms with Crippen LogP contribution in [-0.2, 0) is 9.59 Å². The maximum atomic E-state index is 13.7. The molecule has 3 aromatic rings. The number of imide groups is 1. The zero-order valence-corrected chi connectivity index (χ0v) is 19.3. The van der Waals surface area contributed by atoms with E-state index in [0.717, 1.165) is 10.5 Å². The molecule has 0 spiro atoms. The third-order valence-corrected chi connectivity index (χ3v) is 5.73. The minimum atomic E-state index is -0.493. The predicted octanol–water partition coefficient (Wildman–Crippen LogP) is 5.45. The van der Waals surface area contributed by atoms with Gasteiger partial charge < -0.3 is 14.8 Å². The molecule has 0 saturated heterocycles. The number of rotatable bonds is 7. The second-order valence-corrected chi connectivity index (χ2v) is 7.79. The number of benzene rings is 3. The maximum Gasteiger partial charge on any atom is 0.282 e. The molecule has 0 bridgehead atoms. The van der Waals surface area contributed by atoms with E-state index in [2.05, 4.69) is 5.32 Å². The van der Waals surface area contributed by atoms with E-state index in [9.17, 15) is 9.59 Å². The number of methoxy groups -OCH3 is 1. The second kappa shape index (κ2) is 9.38. The fraction of sp³-hybridized carbons (Fsp3) is 0.154. The Hall–Kier alpha value is -3.77. The molecule has 2 amide bonds. The van der Waals surface area contributed by atoms with E-state index in [1.165, 1.54) is 7.11 Å². The van der Waals surface area contributed by atoms with Crippen LogP contribution in [0, 0.1) is 6.92 Å². The monoisotopic (exact) mass is 462 g/mol. The highest BCUT2D eigenvalue weighted by Gasteiger charge is 2.41. The number of halogens is 1. The summed E-state index contributed by atoms with van der Waals surface area (Å²) < 4.78 is 11.2. The first kappa shape index (κ1) is 22.4. The lowest BCUT2D eigenvalue weighted by Gasteiger charge is -2.17. The minimum Gasteiger partial charge on any atom is -0.496 e. The summed E-state index contributed by atoms with van der Waals surface area (Å²) in [5.41, 5.74) is 2.67. The van der Waals surface area contributed by atoms with E-state index >= 15 is 0 Å². The smallest absolute Gasteiger partial charge is 0.282 e. The van der Waals surface area contributed by atoms with Crippen molar-refractivity contribution < 1.29 is 19.1 Å². The zero-order valence-electron chi connectivity index (χ0n) is 18.5. The molecule has 1 N–H and O–H groups in total. The van der Waals surface area contributed by atoms with Crippen molar-refractivity contribution in [1.29, 1.82) is 0 Å². The summed E-state index contributed by atoms with van der Waals surface area (Å²) in [5.74, 6) is 0.0896. The molecular weight excluding hydrogens is 440 g/mol. The van der Waals surface area contributed by atoms with Crippen LogP contribution in [0.4, 0.5) is 11.4 Å². The van der Waals surface area contributed by atoms with Crippen molar-refractivity contribution in [1.82, 2.24) is 0 Å². The number of anilines is 2. The SMILES string of the molecule is CCOc1ccccc1NC1=C(c2ccccc2OC)C(=O)N(c2ccc(C)c(Cl)c2)C1=O. The molecule has 0 unspecified atom stereocenters. The summed E-state index contributed by atoms with van der Waals surface area (Å²) in [6.45, 7) is 4.19. The van der Waals surface area contributed by atoms with Gasteiger partial charge in [-0.15, -0.1) is 0 Å². The standard InChI is InChI=1S/C26H23ClN2O4/c1-4-33-22-12-8-6-10-20(22)28-24-23(18-9-5-7-11-21(18)32-3)25(30)29(26(24)31)17-14-13-16(2)19(27)15-17/h5-15,28H,4H2,1-3H3. The summed E-state index contributed by atoms with van der Waals surface area (Å²) >= 11 is 6.30. The van der Waals surface area contributed by atoms with Crippen LogP contribution in [0.5, 0.6) is 11.5 Å². The molecule has 6 nitrogen and oxygen atoms in total. The van der Waals surface area contributed by atoms with E-state index in [1.807, 2.05) is 26.0 Å². The Morgan fingerprint density at radius 1 is 0.939 bits per heavy atom. The first-order valence-corrected chi connectivity index (χ1v) is 10.9. The van der Waals surface area contributed by atoms with Crippen LogP contribution < -0.4 is 19.7 Å². The number of carbonyl (C=O) groups is 2. The Balaban J connectivity index is 1.87. The van der Waals surface area contributed by atoms with Gasteiger partial charge in [-0.25, -0.2) is 4.90 Å². The van der Waals surface area contributed by atoms with Crippen LogP contribution in [-0.4, -0.2) is 25.5 Å². The summed E-state index contributed by atoms with van der Waals surface area (Å²) in [4.78, 5) is 28.4. The number of nitrogens with zero attached hydrogens (tertiary/aromatic N) is 1. The van der Waals surface area contributed by atoms with Crippen molar-refractivity contribution in [2.75, 3.05) is 23.9 Å². The number of para-hydroxylation sites is 3. The van der Waals surface area contributed by atoms with Gasteiger partial charge in [0.25, 0.3) is 11.8 Å². The van der Waals surface area contributed by atoms with Gasteiger partial charge in [0.15, 0.2) is 0 Å². The summed E-state index contributed by atoms with van der Waals surface area (Å²) in [5, 5.41) is 3.62. The van der Waals surface area contributed by atoms with Crippen LogP contribution in [0.25, 0.3) is 5.57 Å². The second-order valence-electron chi connectivity index (χ2n) is 7.38. The molecule has 0 aromatic heterocycles. The van der Waals surface area contributed by atoms with Crippen molar-refractivity contribution in [3.05, 3.63) is 88.6 Å². The molecule has 3 aromatic carbocycles. The van der Waals surface area contributed by atoms with Crippen molar-refractivity contribution in [3.8, 4) is 11.5 Å². The molecule has 4 rings (SSSR count). The van der Waals surface area contributed by atoms with E-state index < -0.39 is 11.8 Å². The lowest BCUT2D eigenvalue weighted by atomic mass is 10.0. The quantitative estimate of drug-likeness (QED) is 0.473. The van der Waals surface area contributed by atoms with Gasteiger partial charge in [0, 0.05) is 10.6 Å². The van der Waals surface area contributed by atoms with Crippen LogP contribution in [0.3, 0.4) is 0 Å². The first-order valence-electron chi connectivity index (χ1n) is 10.5. The predicted molar refractivity (Wildman–Crippen MR) is 130 cm³/mol. The average molecular weight is 463 g/mol. The lowest BCUT2D eigenvalue weighted by molar-refractivity contribution is -0.120. The van der Waals surface area contributed by atoms with Crippen molar-refractivity contribution >= 4 is 40.4 Å². The van der Waals surface area contributed by atoms with Crippen LogP contribution in [0.2, 0.25) is 5.02 Å². The number of aryl methyl sites for hydroxylation is 1. The van der Waals surface area contributed by atoms with E-state index in [1.54, 1.807) is 54.6 Å². The van der Waals surface area contributed by atoms with Gasteiger partial charge in [-0.05, 0) is 49.7 Å². The third-order valence-electron chi connectivity index (χ3n) is 5.32. The van der Waals surface area contributed by atoms with Crippen molar-refractivity contribution in [3.63, 3.8) is 0 Å². The maximum absolute atomic E-state index is 13.7. The van der Waals surface area contributed by atoms with Crippen molar-refractivity contribution in [2.45, 2.75) is 13.8 Å². The Labute approximate surface area is 197 Å². The molecule has 0 saturated carbocycles. The molecule has 7 heteroatoms. The Bertz CT molecular complexity index is 1270. The molecule has 0 fully saturated rings. The van der Waals surface area contributed by atoms with Gasteiger partial charge in [0.1, 0.15) is 17.2 Å². The number of carbonyl (C=O) groups excluding carboxylic acids is 2. The van der Waals surface area contributed by atoms with E-state index in [-0.39, 0.29) is 11.3 Å². The summed E-state index contributed by atoms with van der Waals surface area (Å²) in [6.07, 6.45) is 0. The van der Waals surface area contributed by atoms with Gasteiger partial charge in [-0.1, -0.05) is 48.0 Å². The van der Waals surface area contributed by atoms with Crippen LogP contribution >= 0.6 is 11.6 Å². The van der Waals surface area contributed by atoms with Gasteiger partial charge in [0.2, 0.25) is 0 Å². The van der Waals surface area contributed by atoms with Gasteiger partial charge in [0.05, 0.1) is 30.7 Å². The number of hydrogen-bond acceptors (Lipinski definition) is 5. The highest BCUT2D eigenvalue weighted by molar-refractivity contribution is 6.46. The molecule has 168 valence electrons. The fourth-order valence-electron chi connectivity index (χ4n) is 3.69. The number of ether oxygens (including phenoxy) is 2. The molecule has 1 aliphatic heterocycles. The average Bonchev–Trinajstić information content (AvgIpc) is 3.06. The number of nitrogens with one attached hydrogen (secondary N) is 1. The van der Waals surface area contributed by atoms with Gasteiger partial charge in [-0.3, -0.25) is 9.59 Å². The largest absolute Gasteiger partial charge is 0.496 e. The molecule has 33 heavy (non-hydrogen) atoms. The molecule has 1 aliphatic rings. The van der Waals surface area contributed by atoms with E-state index in [4.69, 9.17) is 21.1 Å². The highest BCUT2D eigenvalue weighted by atomic mass is 35.5. The van der Waals surface area contributed by atoms with Crippen molar-refractivity contribution in [2.24, 2.45) is 0 Å². The molecule has 1 heterocycles.